The zero-order valence-corrected chi connectivity index (χ0v) is 18.4. The van der Waals surface area contributed by atoms with Crippen LogP contribution in [0.1, 0.15) is 6.92 Å². The second-order valence-electron chi connectivity index (χ2n) is 6.40. The van der Waals surface area contributed by atoms with Crippen molar-refractivity contribution in [1.29, 1.82) is 0 Å². The molecule has 0 aliphatic carbocycles. The highest BCUT2D eigenvalue weighted by molar-refractivity contribution is 14.1. The van der Waals surface area contributed by atoms with E-state index in [0.717, 1.165) is 31.9 Å². The Morgan fingerprint density at radius 2 is 1.75 bits per heavy atom. The molecule has 0 saturated carbocycles. The van der Waals surface area contributed by atoms with Crippen LogP contribution >= 0.6 is 22.6 Å². The Morgan fingerprint density at radius 1 is 1.00 bits per heavy atom. The fourth-order valence-electron chi connectivity index (χ4n) is 3.49. The van der Waals surface area contributed by atoms with Crippen molar-refractivity contribution in [2.24, 2.45) is 0 Å². The number of para-hydroxylation sites is 1. The highest BCUT2D eigenvalue weighted by atomic mass is 127. The van der Waals surface area contributed by atoms with E-state index in [1.54, 1.807) is 31.4 Å². The number of rotatable bonds is 5. The molecule has 0 aliphatic heterocycles. The van der Waals surface area contributed by atoms with E-state index >= 15 is 0 Å². The molecule has 7 heteroatoms. The number of anilines is 1. The first-order valence-electron chi connectivity index (χ1n) is 8.82. The molecule has 1 heterocycles. The molecule has 28 heavy (non-hydrogen) atoms. The van der Waals surface area contributed by atoms with Crippen LogP contribution < -0.4 is 9.46 Å². The molecule has 0 atom stereocenters. The van der Waals surface area contributed by atoms with Gasteiger partial charge in [-0.3, -0.25) is 4.72 Å². The normalized spacial score (nSPS) is 11.8. The van der Waals surface area contributed by atoms with E-state index in [0.29, 0.717) is 11.4 Å². The maximum absolute atomic E-state index is 12.9. The van der Waals surface area contributed by atoms with Gasteiger partial charge in [0.1, 0.15) is 5.75 Å². The van der Waals surface area contributed by atoms with Gasteiger partial charge < -0.3 is 9.30 Å². The highest BCUT2D eigenvalue weighted by Gasteiger charge is 2.17. The Hall–Kier alpha value is -2.26. The number of halogens is 1. The number of benzene rings is 3. The fraction of sp³-hybridized carbons (Fsp3) is 0.143. The average Bonchev–Trinajstić information content (AvgIpc) is 3.00. The molecule has 1 aromatic heterocycles. The standard InChI is InChI=1S/C21H19IN2O3S/c1-3-24-19-7-5-4-6-16(19)17-12-14(8-10-20(17)24)23-28(25,26)15-9-11-21(27-2)18(22)13-15/h4-13,23H,3H2,1-2H3. The van der Waals surface area contributed by atoms with Crippen LogP contribution in [0.25, 0.3) is 21.8 Å². The van der Waals surface area contributed by atoms with Crippen LogP contribution in [0.3, 0.4) is 0 Å². The van der Waals surface area contributed by atoms with Crippen LogP contribution in [0.15, 0.2) is 65.6 Å². The predicted octanol–water partition coefficient (Wildman–Crippen LogP) is 5.23. The molecule has 3 aromatic carbocycles. The van der Waals surface area contributed by atoms with Gasteiger partial charge in [0.05, 0.1) is 15.6 Å². The molecule has 5 nitrogen and oxygen atoms in total. The summed E-state index contributed by atoms with van der Waals surface area (Å²) in [6, 6.07) is 18.6. The van der Waals surface area contributed by atoms with Crippen LogP contribution in [0.2, 0.25) is 0 Å². The van der Waals surface area contributed by atoms with Crippen molar-refractivity contribution in [3.63, 3.8) is 0 Å². The van der Waals surface area contributed by atoms with Crippen molar-refractivity contribution in [2.45, 2.75) is 18.4 Å². The molecular formula is C21H19IN2O3S. The molecule has 0 spiro atoms. The summed E-state index contributed by atoms with van der Waals surface area (Å²) >= 11 is 2.06. The Kier molecular flexibility index (Phi) is 4.96. The summed E-state index contributed by atoms with van der Waals surface area (Å²) in [6.07, 6.45) is 0. The Balaban J connectivity index is 1.77. The second kappa shape index (κ2) is 7.29. The summed E-state index contributed by atoms with van der Waals surface area (Å²) in [5.74, 6) is 0.647. The molecule has 0 radical (unpaired) electrons. The van der Waals surface area contributed by atoms with E-state index in [4.69, 9.17) is 4.74 Å². The van der Waals surface area contributed by atoms with Gasteiger partial charge in [0, 0.05) is 34.0 Å². The topological polar surface area (TPSA) is 60.3 Å². The summed E-state index contributed by atoms with van der Waals surface area (Å²) in [5.41, 5.74) is 2.77. The lowest BCUT2D eigenvalue weighted by Crippen LogP contribution is -2.13. The molecule has 4 rings (SSSR count). The SMILES string of the molecule is CCn1c2ccccc2c2cc(NS(=O)(=O)c3ccc(OC)c(I)c3)ccc21. The average molecular weight is 506 g/mol. The minimum atomic E-state index is -3.70. The van der Waals surface area contributed by atoms with Gasteiger partial charge in [0.2, 0.25) is 0 Å². The monoisotopic (exact) mass is 506 g/mol. The van der Waals surface area contributed by atoms with Crippen molar-refractivity contribution < 1.29 is 13.2 Å². The molecule has 1 N–H and O–H groups in total. The van der Waals surface area contributed by atoms with Gasteiger partial charge in [0.25, 0.3) is 10.0 Å². The highest BCUT2D eigenvalue weighted by Crippen LogP contribution is 2.32. The van der Waals surface area contributed by atoms with Crippen molar-refractivity contribution >= 4 is 60.1 Å². The van der Waals surface area contributed by atoms with Gasteiger partial charge in [-0.1, -0.05) is 18.2 Å². The number of aryl methyl sites for hydroxylation is 1. The molecule has 0 saturated heterocycles. The number of hydrogen-bond acceptors (Lipinski definition) is 3. The van der Waals surface area contributed by atoms with Crippen LogP contribution in [-0.4, -0.2) is 20.1 Å². The Morgan fingerprint density at radius 3 is 2.46 bits per heavy atom. The number of nitrogens with one attached hydrogen (secondary N) is 1. The lowest BCUT2D eigenvalue weighted by molar-refractivity contribution is 0.411. The van der Waals surface area contributed by atoms with E-state index < -0.39 is 10.0 Å². The van der Waals surface area contributed by atoms with Gasteiger partial charge in [-0.2, -0.15) is 0 Å². The number of ether oxygens (including phenoxy) is 1. The maximum Gasteiger partial charge on any atom is 0.261 e. The van der Waals surface area contributed by atoms with E-state index in [1.165, 1.54) is 0 Å². The summed E-state index contributed by atoms with van der Waals surface area (Å²) in [6.45, 7) is 2.95. The lowest BCUT2D eigenvalue weighted by atomic mass is 10.1. The molecule has 0 bridgehead atoms. The van der Waals surface area contributed by atoms with Gasteiger partial charge >= 0.3 is 0 Å². The third-order valence-corrected chi connectivity index (χ3v) is 7.00. The van der Waals surface area contributed by atoms with Crippen LogP contribution in [0.4, 0.5) is 5.69 Å². The molecule has 0 aliphatic rings. The molecule has 0 fully saturated rings. The second-order valence-corrected chi connectivity index (χ2v) is 9.24. The number of fused-ring (bicyclic) bond motifs is 3. The lowest BCUT2D eigenvalue weighted by Gasteiger charge is -2.10. The Labute approximate surface area is 177 Å². The van der Waals surface area contributed by atoms with Gasteiger partial charge in [-0.05, 0) is 72.0 Å². The Bertz CT molecular complexity index is 1300. The number of hydrogen-bond donors (Lipinski definition) is 1. The fourth-order valence-corrected chi connectivity index (χ4v) is 5.51. The van der Waals surface area contributed by atoms with Crippen LogP contribution in [0, 0.1) is 3.57 Å². The molecule has 4 aromatic rings. The zero-order valence-electron chi connectivity index (χ0n) is 15.4. The number of nitrogens with zero attached hydrogens (tertiary/aromatic N) is 1. The summed E-state index contributed by atoms with van der Waals surface area (Å²) < 4.78 is 36.6. The van der Waals surface area contributed by atoms with Crippen molar-refractivity contribution in [2.75, 3.05) is 11.8 Å². The molecule has 144 valence electrons. The largest absolute Gasteiger partial charge is 0.496 e. The number of aromatic nitrogens is 1. The van der Waals surface area contributed by atoms with E-state index in [-0.39, 0.29) is 4.90 Å². The van der Waals surface area contributed by atoms with E-state index in [2.05, 4.69) is 50.9 Å². The van der Waals surface area contributed by atoms with Gasteiger partial charge in [-0.15, -0.1) is 0 Å². The first-order valence-corrected chi connectivity index (χ1v) is 11.4. The molecule has 0 unspecified atom stereocenters. The minimum Gasteiger partial charge on any atom is -0.496 e. The van der Waals surface area contributed by atoms with Crippen LogP contribution in [-0.2, 0) is 16.6 Å². The third-order valence-electron chi connectivity index (χ3n) is 4.77. The van der Waals surface area contributed by atoms with Gasteiger partial charge in [0.15, 0.2) is 0 Å². The quantitative estimate of drug-likeness (QED) is 0.378. The molecular weight excluding hydrogens is 487 g/mol. The minimum absolute atomic E-state index is 0.203. The first kappa shape index (κ1) is 19.1. The zero-order chi connectivity index (χ0) is 19.9. The van der Waals surface area contributed by atoms with Crippen molar-refractivity contribution in [3.8, 4) is 5.75 Å². The smallest absolute Gasteiger partial charge is 0.261 e. The van der Waals surface area contributed by atoms with E-state index in [1.807, 2.05) is 24.3 Å². The molecule has 0 amide bonds. The van der Waals surface area contributed by atoms with Crippen molar-refractivity contribution in [1.82, 2.24) is 4.57 Å². The predicted molar refractivity (Wildman–Crippen MR) is 122 cm³/mol. The number of methoxy groups -OCH3 is 1. The van der Waals surface area contributed by atoms with Crippen molar-refractivity contribution in [3.05, 3.63) is 64.2 Å². The summed E-state index contributed by atoms with van der Waals surface area (Å²) in [4.78, 5) is 0.203. The van der Waals surface area contributed by atoms with Gasteiger partial charge in [-0.25, -0.2) is 8.42 Å². The first-order chi connectivity index (χ1) is 13.4. The third kappa shape index (κ3) is 3.22. The maximum atomic E-state index is 12.9. The number of sulfonamides is 1. The summed E-state index contributed by atoms with van der Waals surface area (Å²) in [7, 11) is -2.14. The van der Waals surface area contributed by atoms with Crippen LogP contribution in [0.5, 0.6) is 5.75 Å². The summed E-state index contributed by atoms with van der Waals surface area (Å²) in [5, 5.41) is 2.14. The van der Waals surface area contributed by atoms with E-state index in [9.17, 15) is 8.42 Å².